The maximum Gasteiger partial charge on any atom is 0.240 e. The summed E-state index contributed by atoms with van der Waals surface area (Å²) in [4.78, 5) is 18.4. The van der Waals surface area contributed by atoms with Crippen molar-refractivity contribution in [1.82, 2.24) is 9.62 Å². The Balaban J connectivity index is 1.31. The van der Waals surface area contributed by atoms with E-state index in [1.807, 2.05) is 18.2 Å². The van der Waals surface area contributed by atoms with Gasteiger partial charge in [-0.05, 0) is 61.2 Å². The minimum atomic E-state index is -3.60. The van der Waals surface area contributed by atoms with Crippen LogP contribution in [0, 0.1) is 6.92 Å². The average molecular weight is 491 g/mol. The number of nitrogens with one attached hydrogen (secondary N) is 1. The van der Waals surface area contributed by atoms with Gasteiger partial charge in [-0.15, -0.1) is 0 Å². The smallest absolute Gasteiger partial charge is 0.240 e. The van der Waals surface area contributed by atoms with Gasteiger partial charge in [0.2, 0.25) is 15.9 Å². The Hall–Kier alpha value is -2.13. The van der Waals surface area contributed by atoms with Gasteiger partial charge in [-0.25, -0.2) is 13.1 Å². The van der Waals surface area contributed by atoms with Crippen LogP contribution in [-0.4, -0.2) is 65.0 Å². The second-order valence-corrected chi connectivity index (χ2v) is 10.9. The Morgan fingerprint density at radius 1 is 1.03 bits per heavy atom. The van der Waals surface area contributed by atoms with Crippen LogP contribution in [0.15, 0.2) is 41.3 Å². The molecule has 0 radical (unpaired) electrons. The quantitative estimate of drug-likeness (QED) is 0.673. The van der Waals surface area contributed by atoms with Gasteiger partial charge in [-0.2, -0.15) is 0 Å². The van der Waals surface area contributed by atoms with Gasteiger partial charge in [-0.3, -0.25) is 9.69 Å². The summed E-state index contributed by atoms with van der Waals surface area (Å²) < 4.78 is 28.4. The van der Waals surface area contributed by atoms with Crippen LogP contribution in [0.2, 0.25) is 5.02 Å². The van der Waals surface area contributed by atoms with Gasteiger partial charge in [0.05, 0.1) is 4.90 Å². The van der Waals surface area contributed by atoms with E-state index >= 15 is 0 Å². The molecule has 2 aliphatic heterocycles. The van der Waals surface area contributed by atoms with E-state index in [9.17, 15) is 13.2 Å². The molecule has 1 N–H and O–H groups in total. The monoisotopic (exact) mass is 490 g/mol. The highest BCUT2D eigenvalue weighted by Crippen LogP contribution is 2.29. The van der Waals surface area contributed by atoms with Crippen LogP contribution < -0.4 is 14.5 Å². The zero-order valence-electron chi connectivity index (χ0n) is 19.2. The molecule has 0 atom stereocenters. The molecule has 4 rings (SSSR count). The number of benzene rings is 2. The number of nitrogens with zero attached hydrogens (tertiary/aromatic N) is 3. The largest absolute Gasteiger partial charge is 0.369 e. The van der Waals surface area contributed by atoms with Crippen molar-refractivity contribution < 1.29 is 13.2 Å². The minimum absolute atomic E-state index is 0.0182. The Kier molecular flexibility index (Phi) is 7.28. The van der Waals surface area contributed by atoms with Gasteiger partial charge < -0.3 is 9.80 Å². The molecule has 1 amide bonds. The number of hydrogen-bond acceptors (Lipinski definition) is 5. The zero-order valence-corrected chi connectivity index (χ0v) is 20.8. The predicted molar refractivity (Wildman–Crippen MR) is 133 cm³/mol. The lowest BCUT2D eigenvalue weighted by atomic mass is 10.0. The van der Waals surface area contributed by atoms with Gasteiger partial charge in [0, 0.05) is 69.1 Å². The number of halogens is 1. The first-order valence-corrected chi connectivity index (χ1v) is 13.2. The van der Waals surface area contributed by atoms with Crippen LogP contribution in [0.25, 0.3) is 0 Å². The predicted octanol–water partition coefficient (Wildman–Crippen LogP) is 3.05. The van der Waals surface area contributed by atoms with E-state index in [0.717, 1.165) is 55.3 Å². The summed E-state index contributed by atoms with van der Waals surface area (Å²) in [5.74, 6) is -0.0182. The minimum Gasteiger partial charge on any atom is -0.369 e. The lowest BCUT2D eigenvalue weighted by Crippen LogP contribution is -2.48. The average Bonchev–Trinajstić information content (AvgIpc) is 2.80. The SMILES string of the molecule is CC(=O)N1CCCc2cc(S(=O)(=O)NCCN3CCN(c4cc(Cl)ccc4C)CC3)ccc21. The maximum absolute atomic E-state index is 12.9. The second-order valence-electron chi connectivity index (χ2n) is 8.72. The van der Waals surface area contributed by atoms with Crippen LogP contribution in [0.4, 0.5) is 11.4 Å². The van der Waals surface area contributed by atoms with Crippen molar-refractivity contribution in [1.29, 1.82) is 0 Å². The van der Waals surface area contributed by atoms with Gasteiger partial charge in [0.1, 0.15) is 0 Å². The van der Waals surface area contributed by atoms with Gasteiger partial charge in [-0.1, -0.05) is 17.7 Å². The summed E-state index contributed by atoms with van der Waals surface area (Å²) in [5.41, 5.74) is 4.10. The third-order valence-electron chi connectivity index (χ3n) is 6.46. The molecule has 0 unspecified atom stereocenters. The van der Waals surface area contributed by atoms with Crippen molar-refractivity contribution in [3.63, 3.8) is 0 Å². The topological polar surface area (TPSA) is 73.0 Å². The molecule has 1 fully saturated rings. The number of rotatable bonds is 6. The van der Waals surface area contributed by atoms with Crippen molar-refractivity contribution >= 4 is 38.9 Å². The molecule has 33 heavy (non-hydrogen) atoms. The number of sulfonamides is 1. The van der Waals surface area contributed by atoms with Crippen molar-refractivity contribution in [3.05, 3.63) is 52.5 Å². The molecule has 0 saturated carbocycles. The second kappa shape index (κ2) is 10.0. The number of carbonyl (C=O) groups excluding carboxylic acids is 1. The van der Waals surface area contributed by atoms with Crippen LogP contribution in [0.5, 0.6) is 0 Å². The van der Waals surface area contributed by atoms with Gasteiger partial charge in [0.25, 0.3) is 0 Å². The fraction of sp³-hybridized carbons (Fsp3) is 0.458. The fourth-order valence-corrected chi connectivity index (χ4v) is 5.86. The molecule has 178 valence electrons. The van der Waals surface area contributed by atoms with Crippen molar-refractivity contribution in [2.24, 2.45) is 0 Å². The summed E-state index contributed by atoms with van der Waals surface area (Å²) in [6.45, 7) is 8.82. The molecule has 0 aliphatic carbocycles. The number of hydrogen-bond donors (Lipinski definition) is 1. The van der Waals surface area contributed by atoms with Crippen LogP contribution in [0.3, 0.4) is 0 Å². The normalized spacial score (nSPS) is 17.2. The van der Waals surface area contributed by atoms with E-state index < -0.39 is 10.0 Å². The highest BCUT2D eigenvalue weighted by atomic mass is 35.5. The highest BCUT2D eigenvalue weighted by Gasteiger charge is 2.24. The van der Waals surface area contributed by atoms with Crippen molar-refractivity contribution in [3.8, 4) is 0 Å². The van der Waals surface area contributed by atoms with Crippen LogP contribution >= 0.6 is 11.6 Å². The molecule has 1 saturated heterocycles. The number of piperazine rings is 1. The number of anilines is 2. The summed E-state index contributed by atoms with van der Waals surface area (Å²) in [7, 11) is -3.60. The van der Waals surface area contributed by atoms with E-state index in [2.05, 4.69) is 21.4 Å². The molecular weight excluding hydrogens is 460 g/mol. The first-order chi connectivity index (χ1) is 15.7. The van der Waals surface area contributed by atoms with E-state index in [1.165, 1.54) is 18.2 Å². The lowest BCUT2D eigenvalue weighted by molar-refractivity contribution is -0.116. The molecular formula is C24H31ClN4O3S. The van der Waals surface area contributed by atoms with Gasteiger partial charge >= 0.3 is 0 Å². The summed E-state index contributed by atoms with van der Waals surface area (Å²) in [6.07, 6.45) is 1.61. The van der Waals surface area contributed by atoms with E-state index in [-0.39, 0.29) is 10.8 Å². The molecule has 0 bridgehead atoms. The van der Waals surface area contributed by atoms with E-state index in [1.54, 1.807) is 23.1 Å². The molecule has 2 aliphatic rings. The summed E-state index contributed by atoms with van der Waals surface area (Å²) >= 11 is 6.17. The van der Waals surface area contributed by atoms with Crippen LogP contribution in [0.1, 0.15) is 24.5 Å². The molecule has 0 spiro atoms. The number of carbonyl (C=O) groups is 1. The summed E-state index contributed by atoms with van der Waals surface area (Å²) in [6, 6.07) is 11.0. The third kappa shape index (κ3) is 5.51. The lowest BCUT2D eigenvalue weighted by Gasteiger charge is -2.36. The van der Waals surface area contributed by atoms with Crippen molar-refractivity contribution in [2.75, 3.05) is 55.6 Å². The third-order valence-corrected chi connectivity index (χ3v) is 8.16. The Labute approximate surface area is 201 Å². The van der Waals surface area contributed by atoms with E-state index in [4.69, 9.17) is 11.6 Å². The van der Waals surface area contributed by atoms with Gasteiger partial charge in [0.15, 0.2) is 0 Å². The number of aryl methyl sites for hydroxylation is 2. The standard InChI is InChI=1S/C24H31ClN4O3S/c1-18-5-6-21(25)17-24(18)28-14-12-27(13-15-28)11-9-26-33(31,32)22-7-8-23-20(16-22)4-3-10-29(23)19(2)30/h5-8,16-17,26H,3-4,9-15H2,1-2H3. The van der Waals surface area contributed by atoms with Crippen molar-refractivity contribution in [2.45, 2.75) is 31.6 Å². The Morgan fingerprint density at radius 2 is 1.79 bits per heavy atom. The molecule has 2 heterocycles. The molecule has 2 aromatic carbocycles. The van der Waals surface area contributed by atoms with E-state index in [0.29, 0.717) is 19.6 Å². The summed E-state index contributed by atoms with van der Waals surface area (Å²) in [5, 5.41) is 0.739. The molecule has 9 heteroatoms. The zero-order chi connectivity index (χ0) is 23.6. The van der Waals surface area contributed by atoms with Crippen LogP contribution in [-0.2, 0) is 21.2 Å². The maximum atomic E-state index is 12.9. The number of amides is 1. The first-order valence-electron chi connectivity index (χ1n) is 11.4. The molecule has 0 aromatic heterocycles. The highest BCUT2D eigenvalue weighted by molar-refractivity contribution is 7.89. The Morgan fingerprint density at radius 3 is 2.52 bits per heavy atom. The Bertz CT molecular complexity index is 1130. The molecule has 7 nitrogen and oxygen atoms in total. The number of fused-ring (bicyclic) bond motifs is 1. The fourth-order valence-electron chi connectivity index (χ4n) is 4.62. The molecule has 2 aromatic rings. The first kappa shape index (κ1) is 24.0.